The van der Waals surface area contributed by atoms with Gasteiger partial charge in [0.1, 0.15) is 5.75 Å². The van der Waals surface area contributed by atoms with Crippen LogP contribution < -0.4 is 4.74 Å². The van der Waals surface area contributed by atoms with Crippen molar-refractivity contribution in [3.63, 3.8) is 0 Å². The summed E-state index contributed by atoms with van der Waals surface area (Å²) in [7, 11) is 0. The van der Waals surface area contributed by atoms with Crippen molar-refractivity contribution in [2.75, 3.05) is 39.5 Å². The first-order chi connectivity index (χ1) is 11.9. The molecule has 142 valence electrons. The summed E-state index contributed by atoms with van der Waals surface area (Å²) in [6, 6.07) is 8.46. The van der Waals surface area contributed by atoms with Crippen LogP contribution in [0.5, 0.6) is 5.75 Å². The highest BCUT2D eigenvalue weighted by Gasteiger charge is 2.15. The van der Waals surface area contributed by atoms with Crippen molar-refractivity contribution >= 4 is 0 Å². The third-order valence-corrected chi connectivity index (χ3v) is 5.06. The van der Waals surface area contributed by atoms with Gasteiger partial charge in [-0.3, -0.25) is 0 Å². The van der Waals surface area contributed by atoms with E-state index in [9.17, 15) is 0 Å². The Morgan fingerprint density at radius 2 is 1.60 bits per heavy atom. The lowest BCUT2D eigenvalue weighted by molar-refractivity contribution is 0.103. The maximum absolute atomic E-state index is 5.80. The van der Waals surface area contributed by atoms with Gasteiger partial charge in [-0.25, -0.2) is 0 Å². The highest BCUT2D eigenvalue weighted by molar-refractivity contribution is 5.31. The molecule has 25 heavy (non-hydrogen) atoms. The number of hydrogen-bond acceptors (Lipinski definition) is 3. The van der Waals surface area contributed by atoms with Crippen LogP contribution in [-0.2, 0) is 10.2 Å². The minimum Gasteiger partial charge on any atom is -0.494 e. The first kappa shape index (κ1) is 20.3. The molecule has 0 aliphatic carbocycles. The lowest BCUT2D eigenvalue weighted by atomic mass is 9.87. The summed E-state index contributed by atoms with van der Waals surface area (Å²) in [6.45, 7) is 15.1. The number of benzene rings is 1. The maximum Gasteiger partial charge on any atom is 0.119 e. The number of rotatable bonds is 9. The molecule has 0 spiro atoms. The molecule has 3 heteroatoms. The monoisotopic (exact) mass is 347 g/mol. The zero-order chi connectivity index (χ0) is 18.1. The second-order valence-electron chi connectivity index (χ2n) is 8.47. The van der Waals surface area contributed by atoms with Gasteiger partial charge < -0.3 is 14.4 Å². The summed E-state index contributed by atoms with van der Waals surface area (Å²) in [5, 5.41) is 0. The van der Waals surface area contributed by atoms with Gasteiger partial charge in [0.25, 0.3) is 0 Å². The van der Waals surface area contributed by atoms with Crippen molar-refractivity contribution in [2.24, 2.45) is 5.92 Å². The van der Waals surface area contributed by atoms with E-state index in [4.69, 9.17) is 9.47 Å². The van der Waals surface area contributed by atoms with Crippen molar-refractivity contribution in [1.82, 2.24) is 4.90 Å². The van der Waals surface area contributed by atoms with Crippen LogP contribution in [0, 0.1) is 5.92 Å². The van der Waals surface area contributed by atoms with E-state index < -0.39 is 0 Å². The van der Waals surface area contributed by atoms with Crippen LogP contribution in [0.4, 0.5) is 0 Å². The van der Waals surface area contributed by atoms with Gasteiger partial charge in [0, 0.05) is 26.2 Å². The van der Waals surface area contributed by atoms with Crippen molar-refractivity contribution < 1.29 is 9.47 Å². The van der Waals surface area contributed by atoms with Crippen molar-refractivity contribution in [2.45, 2.75) is 58.8 Å². The Bertz CT molecular complexity index is 470. The molecule has 0 unspecified atom stereocenters. The van der Waals surface area contributed by atoms with E-state index in [0.29, 0.717) is 0 Å². The van der Waals surface area contributed by atoms with Gasteiger partial charge in [0.2, 0.25) is 0 Å². The topological polar surface area (TPSA) is 21.7 Å². The Morgan fingerprint density at radius 1 is 0.960 bits per heavy atom. The highest BCUT2D eigenvalue weighted by Crippen LogP contribution is 2.24. The molecule has 0 N–H and O–H groups in total. The fourth-order valence-electron chi connectivity index (χ4n) is 3.18. The van der Waals surface area contributed by atoms with Gasteiger partial charge in [0.15, 0.2) is 0 Å². The van der Waals surface area contributed by atoms with E-state index in [-0.39, 0.29) is 5.41 Å². The molecule has 0 amide bonds. The molecule has 1 aliphatic heterocycles. The van der Waals surface area contributed by atoms with E-state index in [1.165, 1.54) is 38.0 Å². The molecule has 0 saturated carbocycles. The van der Waals surface area contributed by atoms with E-state index in [2.05, 4.69) is 56.9 Å². The molecule has 1 heterocycles. The van der Waals surface area contributed by atoms with Gasteiger partial charge in [-0.05, 0) is 61.4 Å². The number of likely N-dealkylation sites (tertiary alicyclic amines) is 1. The summed E-state index contributed by atoms with van der Waals surface area (Å²) in [4.78, 5) is 2.58. The van der Waals surface area contributed by atoms with Gasteiger partial charge in [0.05, 0.1) is 6.61 Å². The Kier molecular flexibility index (Phi) is 8.25. The van der Waals surface area contributed by atoms with Crippen LogP contribution in [0.1, 0.15) is 58.9 Å². The second-order valence-corrected chi connectivity index (χ2v) is 8.47. The largest absolute Gasteiger partial charge is 0.494 e. The minimum atomic E-state index is 0.193. The van der Waals surface area contributed by atoms with Crippen molar-refractivity contribution in [3.8, 4) is 5.75 Å². The van der Waals surface area contributed by atoms with E-state index in [1.54, 1.807) is 0 Å². The Hall–Kier alpha value is -1.06. The molecule has 0 radical (unpaired) electrons. The predicted molar refractivity (Wildman–Crippen MR) is 106 cm³/mol. The van der Waals surface area contributed by atoms with E-state index in [1.807, 2.05) is 0 Å². The number of nitrogens with zero attached hydrogens (tertiary/aromatic N) is 1. The van der Waals surface area contributed by atoms with Crippen molar-refractivity contribution in [3.05, 3.63) is 29.8 Å². The average molecular weight is 348 g/mol. The lowest BCUT2D eigenvalue weighted by Crippen LogP contribution is -2.34. The number of hydrogen-bond donors (Lipinski definition) is 0. The standard InChI is InChI=1S/C22H37NO2/c1-19-11-14-23(15-12-19)13-5-16-24-17-6-18-25-21-9-7-20(8-10-21)22(2,3)4/h7-10,19H,5-6,11-18H2,1-4H3. The quantitative estimate of drug-likeness (QED) is 0.594. The van der Waals surface area contributed by atoms with Gasteiger partial charge >= 0.3 is 0 Å². The zero-order valence-corrected chi connectivity index (χ0v) is 16.7. The minimum absolute atomic E-state index is 0.193. The van der Waals surface area contributed by atoms with Crippen LogP contribution in [0.25, 0.3) is 0 Å². The average Bonchev–Trinajstić information content (AvgIpc) is 2.58. The van der Waals surface area contributed by atoms with Crippen LogP contribution in [0.3, 0.4) is 0 Å². The lowest BCUT2D eigenvalue weighted by Gasteiger charge is -2.30. The molecular formula is C22H37NO2. The fourth-order valence-corrected chi connectivity index (χ4v) is 3.18. The molecule has 0 atom stereocenters. The van der Waals surface area contributed by atoms with E-state index >= 15 is 0 Å². The molecule has 1 saturated heterocycles. The summed E-state index contributed by atoms with van der Waals surface area (Å²) in [6.07, 6.45) is 4.80. The molecule has 1 fully saturated rings. The molecule has 3 nitrogen and oxygen atoms in total. The summed E-state index contributed by atoms with van der Waals surface area (Å²) in [5.41, 5.74) is 1.53. The molecule has 0 bridgehead atoms. The molecule has 0 aromatic heterocycles. The Labute approximate surface area is 154 Å². The van der Waals surface area contributed by atoms with Crippen LogP contribution in [0.2, 0.25) is 0 Å². The van der Waals surface area contributed by atoms with Crippen LogP contribution >= 0.6 is 0 Å². The van der Waals surface area contributed by atoms with Crippen LogP contribution in [-0.4, -0.2) is 44.4 Å². The van der Waals surface area contributed by atoms with Gasteiger partial charge in [-0.15, -0.1) is 0 Å². The highest BCUT2D eigenvalue weighted by atomic mass is 16.5. The summed E-state index contributed by atoms with van der Waals surface area (Å²) in [5.74, 6) is 1.87. The maximum atomic E-state index is 5.80. The summed E-state index contributed by atoms with van der Waals surface area (Å²) >= 11 is 0. The normalized spacial score (nSPS) is 17.0. The third-order valence-electron chi connectivity index (χ3n) is 5.06. The number of ether oxygens (including phenoxy) is 2. The Balaban J connectivity index is 1.47. The fraction of sp³-hybridized carbons (Fsp3) is 0.727. The number of piperidine rings is 1. The SMILES string of the molecule is CC1CCN(CCCOCCCOc2ccc(C(C)(C)C)cc2)CC1. The van der Waals surface area contributed by atoms with E-state index in [0.717, 1.165) is 44.3 Å². The molecule has 1 aromatic rings. The smallest absolute Gasteiger partial charge is 0.119 e. The second kappa shape index (κ2) is 10.2. The Morgan fingerprint density at radius 3 is 2.24 bits per heavy atom. The first-order valence-corrected chi connectivity index (χ1v) is 9.98. The predicted octanol–water partition coefficient (Wildman–Crippen LogP) is 4.89. The van der Waals surface area contributed by atoms with Crippen molar-refractivity contribution in [1.29, 1.82) is 0 Å². The molecule has 2 rings (SSSR count). The summed E-state index contributed by atoms with van der Waals surface area (Å²) < 4.78 is 11.5. The van der Waals surface area contributed by atoms with Crippen LogP contribution in [0.15, 0.2) is 24.3 Å². The molecule has 1 aliphatic rings. The third kappa shape index (κ3) is 7.79. The molecular weight excluding hydrogens is 310 g/mol. The van der Waals surface area contributed by atoms with Gasteiger partial charge in [-0.1, -0.05) is 39.8 Å². The molecule has 1 aromatic carbocycles. The first-order valence-electron chi connectivity index (χ1n) is 9.98. The zero-order valence-electron chi connectivity index (χ0n) is 16.7. The van der Waals surface area contributed by atoms with Gasteiger partial charge in [-0.2, -0.15) is 0 Å².